The summed E-state index contributed by atoms with van der Waals surface area (Å²) in [6.45, 7) is 11.5. The van der Waals surface area contributed by atoms with Gasteiger partial charge in [-0.1, -0.05) is 113 Å². The molecule has 6 aromatic rings. The number of nitrogens with zero attached hydrogens (tertiary/aromatic N) is 4. The van der Waals surface area contributed by atoms with Gasteiger partial charge in [-0.2, -0.15) is 0 Å². The number of urea groups is 1. The predicted molar refractivity (Wildman–Crippen MR) is 246 cm³/mol. The highest BCUT2D eigenvalue weighted by Gasteiger charge is 2.44. The molecule has 8 nitrogen and oxygen atoms in total. The average Bonchev–Trinajstić information content (AvgIpc) is 3.91. The summed E-state index contributed by atoms with van der Waals surface area (Å²) in [6.07, 6.45) is 15.6. The fourth-order valence-electron chi connectivity index (χ4n) is 9.90. The van der Waals surface area contributed by atoms with Gasteiger partial charge in [0.05, 0.1) is 13.2 Å². The summed E-state index contributed by atoms with van der Waals surface area (Å²) >= 11 is 0. The molecule has 0 spiro atoms. The van der Waals surface area contributed by atoms with Crippen LogP contribution in [-0.2, 0) is 14.3 Å². The topological polar surface area (TPSA) is 76.8 Å². The van der Waals surface area contributed by atoms with Crippen LogP contribution < -0.4 is 10.7 Å². The molecule has 0 radical (unpaired) electrons. The molecule has 0 bridgehead atoms. The number of allylic oxidation sites excluding steroid dienone is 5. The molecule has 0 N–H and O–H groups in total. The number of rotatable bonds is 14. The first-order chi connectivity index (χ1) is 29.2. The molecule has 8 heteroatoms. The first-order valence-electron chi connectivity index (χ1n) is 22.1. The highest BCUT2D eigenvalue weighted by atomic mass is 16.5. The van der Waals surface area contributed by atoms with Crippen molar-refractivity contribution in [3.63, 3.8) is 0 Å². The SMILES string of the molecule is CCCCN1C(=O)C(=C2/C(=C\C=c3c4cccc5cccc(c54)n3C(C)CCC)CC/C2=C\C=c2c3cccc4cccc(c43)n2C(C)CCC)C(=O)N(CCOC)C1=O. The van der Waals surface area contributed by atoms with E-state index in [4.69, 9.17) is 4.74 Å². The van der Waals surface area contributed by atoms with Crippen molar-refractivity contribution in [3.05, 3.63) is 118 Å². The molecular weight excluding hydrogens is 745 g/mol. The van der Waals surface area contributed by atoms with Gasteiger partial charge in [-0.25, -0.2) is 4.79 Å². The quantitative estimate of drug-likeness (QED) is 0.0812. The van der Waals surface area contributed by atoms with Crippen molar-refractivity contribution in [1.82, 2.24) is 18.9 Å². The molecule has 1 saturated carbocycles. The first-order valence-corrected chi connectivity index (χ1v) is 22.1. The molecule has 60 heavy (non-hydrogen) atoms. The zero-order valence-electron chi connectivity index (χ0n) is 36.1. The smallest absolute Gasteiger partial charge is 0.334 e. The second-order valence-electron chi connectivity index (χ2n) is 16.7. The van der Waals surface area contributed by atoms with Crippen molar-refractivity contribution < 1.29 is 19.1 Å². The van der Waals surface area contributed by atoms with Gasteiger partial charge in [0, 0.05) is 69.0 Å². The highest BCUT2D eigenvalue weighted by Crippen LogP contribution is 2.41. The first kappa shape index (κ1) is 41.0. The Morgan fingerprint density at radius 2 is 1.07 bits per heavy atom. The molecular formula is C52H58N4O4. The van der Waals surface area contributed by atoms with Crippen molar-refractivity contribution in [1.29, 1.82) is 0 Å². The van der Waals surface area contributed by atoms with Gasteiger partial charge in [0.1, 0.15) is 5.57 Å². The third-order valence-electron chi connectivity index (χ3n) is 12.7. The Balaban J connectivity index is 1.39. The zero-order valence-corrected chi connectivity index (χ0v) is 36.1. The van der Waals surface area contributed by atoms with E-state index in [0.717, 1.165) is 53.9 Å². The molecule has 1 saturated heterocycles. The summed E-state index contributed by atoms with van der Waals surface area (Å²) in [5.74, 6) is -1.08. The largest absolute Gasteiger partial charge is 0.383 e. The van der Waals surface area contributed by atoms with Crippen molar-refractivity contribution >= 4 is 73.3 Å². The number of benzene rings is 4. The minimum absolute atomic E-state index is 0.0616. The van der Waals surface area contributed by atoms with E-state index in [1.807, 2.05) is 6.92 Å². The minimum atomic E-state index is -0.576. The fourth-order valence-corrected chi connectivity index (χ4v) is 9.90. The number of carbonyl (C=O) groups is 3. The summed E-state index contributed by atoms with van der Waals surface area (Å²) in [7, 11) is 1.55. The molecule has 3 heterocycles. The van der Waals surface area contributed by atoms with Gasteiger partial charge >= 0.3 is 6.03 Å². The van der Waals surface area contributed by atoms with E-state index >= 15 is 0 Å². The van der Waals surface area contributed by atoms with Gasteiger partial charge in [0.2, 0.25) is 0 Å². The van der Waals surface area contributed by atoms with Crippen LogP contribution in [0, 0.1) is 0 Å². The monoisotopic (exact) mass is 802 g/mol. The summed E-state index contributed by atoms with van der Waals surface area (Å²) in [4.78, 5) is 45.7. The lowest BCUT2D eigenvalue weighted by atomic mass is 9.95. The summed E-state index contributed by atoms with van der Waals surface area (Å²) in [5.41, 5.74) is 4.95. The number of methoxy groups -OCH3 is 1. The lowest BCUT2D eigenvalue weighted by Gasteiger charge is -2.34. The highest BCUT2D eigenvalue weighted by molar-refractivity contribution is 6.30. The number of hydrogen-bond acceptors (Lipinski definition) is 4. The van der Waals surface area contributed by atoms with E-state index in [-0.39, 0.29) is 37.4 Å². The van der Waals surface area contributed by atoms with Gasteiger partial charge in [0.25, 0.3) is 11.8 Å². The van der Waals surface area contributed by atoms with E-state index in [0.29, 0.717) is 24.8 Å². The zero-order chi connectivity index (χ0) is 42.1. The maximum Gasteiger partial charge on any atom is 0.334 e. The maximum absolute atomic E-state index is 14.7. The van der Waals surface area contributed by atoms with Crippen molar-refractivity contribution in [2.45, 2.75) is 98.1 Å². The van der Waals surface area contributed by atoms with E-state index in [2.05, 4.69) is 134 Å². The molecule has 310 valence electrons. The van der Waals surface area contributed by atoms with Crippen molar-refractivity contribution in [2.24, 2.45) is 0 Å². The Labute approximate surface area is 353 Å². The van der Waals surface area contributed by atoms with Crippen molar-refractivity contribution in [3.8, 4) is 0 Å². The second-order valence-corrected chi connectivity index (χ2v) is 16.7. The van der Waals surface area contributed by atoms with Crippen LogP contribution in [0.4, 0.5) is 4.79 Å². The molecule has 2 unspecified atom stereocenters. The summed E-state index contributed by atoms with van der Waals surface area (Å²) in [5, 5.41) is 9.48. The summed E-state index contributed by atoms with van der Waals surface area (Å²) in [6, 6.07) is 26.0. The lowest BCUT2D eigenvalue weighted by molar-refractivity contribution is -0.136. The third kappa shape index (κ3) is 7.08. The Kier molecular flexibility index (Phi) is 11.9. The van der Waals surface area contributed by atoms with Gasteiger partial charge in [-0.05, 0) is 97.7 Å². The number of carbonyl (C=O) groups excluding carboxylic acids is 3. The molecule has 1 aliphatic heterocycles. The standard InChI is InChI=1S/C52H58N4O4/c1-7-10-31-53-50(57)49(51(58)54(52(53)59)32-33-60-6)46-38(27-29-42-40-21-11-17-36-19-13-23-44(47(36)40)55(42)34(4)15-8-2)25-26-39(46)28-30-43-41-22-12-18-37-20-14-24-45(48(37)41)56(43)35(5)16-9-3/h11-14,17-24,27-30,34-35H,7-10,15-16,25-26,31-33H2,1-6H3/b38-27-,39-28+,42-29?,43-30?,49-46?. The lowest BCUT2D eigenvalue weighted by Crippen LogP contribution is -2.57. The van der Waals surface area contributed by atoms with Crippen LogP contribution in [0.3, 0.4) is 0 Å². The Bertz CT molecular complexity index is 2630. The normalized spacial score (nSPS) is 19.7. The van der Waals surface area contributed by atoms with E-state index in [9.17, 15) is 14.4 Å². The van der Waals surface area contributed by atoms with Gasteiger partial charge in [-0.15, -0.1) is 0 Å². The molecule has 2 atom stereocenters. The molecule has 8 rings (SSSR count). The number of unbranched alkanes of at least 4 members (excludes halogenated alkanes) is 1. The Morgan fingerprint density at radius 3 is 1.52 bits per heavy atom. The number of imide groups is 2. The van der Waals surface area contributed by atoms with E-state index in [1.165, 1.54) is 53.2 Å². The Morgan fingerprint density at radius 1 is 0.600 bits per heavy atom. The van der Waals surface area contributed by atoms with Crippen LogP contribution in [0.5, 0.6) is 0 Å². The average molecular weight is 803 g/mol. The van der Waals surface area contributed by atoms with E-state index < -0.39 is 17.8 Å². The predicted octanol–water partition coefficient (Wildman–Crippen LogP) is 10.5. The van der Waals surface area contributed by atoms with E-state index in [1.54, 1.807) is 7.11 Å². The summed E-state index contributed by atoms with van der Waals surface area (Å²) < 4.78 is 10.3. The molecule has 2 aliphatic rings. The van der Waals surface area contributed by atoms with Crippen LogP contribution in [-0.4, -0.2) is 63.6 Å². The van der Waals surface area contributed by atoms with Crippen LogP contribution in [0.1, 0.15) is 98.1 Å². The third-order valence-corrected chi connectivity index (χ3v) is 12.7. The van der Waals surface area contributed by atoms with Gasteiger partial charge < -0.3 is 13.9 Å². The molecule has 1 aliphatic carbocycles. The minimum Gasteiger partial charge on any atom is -0.383 e. The van der Waals surface area contributed by atoms with Gasteiger partial charge in [0.15, 0.2) is 0 Å². The molecule has 2 aromatic heterocycles. The van der Waals surface area contributed by atoms with Crippen LogP contribution in [0.15, 0.2) is 107 Å². The van der Waals surface area contributed by atoms with Crippen LogP contribution >= 0.6 is 0 Å². The number of amides is 4. The molecule has 2 fully saturated rings. The second kappa shape index (κ2) is 17.5. The van der Waals surface area contributed by atoms with Gasteiger partial charge in [-0.3, -0.25) is 19.4 Å². The number of ether oxygens (including phenoxy) is 1. The van der Waals surface area contributed by atoms with Crippen molar-refractivity contribution in [2.75, 3.05) is 26.8 Å². The number of aromatic nitrogens is 2. The maximum atomic E-state index is 14.7. The van der Waals surface area contributed by atoms with Crippen LogP contribution in [0.2, 0.25) is 0 Å². The molecule has 4 aromatic carbocycles. The fraction of sp³-hybridized carbons (Fsp3) is 0.365. The number of hydrogen-bond donors (Lipinski definition) is 0. The Hall–Kier alpha value is -5.73. The van der Waals surface area contributed by atoms with Crippen LogP contribution in [0.25, 0.3) is 55.5 Å². The number of barbiturate groups is 1. The molecule has 4 amide bonds.